The van der Waals surface area contributed by atoms with Gasteiger partial charge >= 0.3 is 0 Å². The Morgan fingerprint density at radius 3 is 2.67 bits per heavy atom. The fourth-order valence-corrected chi connectivity index (χ4v) is 0.938. The first-order chi connectivity index (χ1) is 4.31. The van der Waals surface area contributed by atoms with Crippen LogP contribution < -0.4 is 0 Å². The van der Waals surface area contributed by atoms with Crippen LogP contribution in [0.3, 0.4) is 0 Å². The summed E-state index contributed by atoms with van der Waals surface area (Å²) in [5.41, 5.74) is 0. The van der Waals surface area contributed by atoms with Crippen molar-refractivity contribution in [2.24, 2.45) is 5.92 Å². The van der Waals surface area contributed by atoms with Crippen LogP contribution in [0.15, 0.2) is 12.2 Å². The van der Waals surface area contributed by atoms with E-state index >= 15 is 0 Å². The molecule has 0 aliphatic heterocycles. The third kappa shape index (κ3) is 5.91. The van der Waals surface area contributed by atoms with Gasteiger partial charge in [0.15, 0.2) is 0 Å². The summed E-state index contributed by atoms with van der Waals surface area (Å²) < 4.78 is 0. The van der Waals surface area contributed by atoms with Crippen molar-refractivity contribution in [3.05, 3.63) is 12.2 Å². The van der Waals surface area contributed by atoms with Crippen LogP contribution in [0.4, 0.5) is 0 Å². The molecule has 1 atom stereocenters. The van der Waals surface area contributed by atoms with Crippen LogP contribution in [0.5, 0.6) is 0 Å². The number of allylic oxidation sites excluding steroid dienone is 2. The van der Waals surface area contributed by atoms with Gasteiger partial charge in [0.25, 0.3) is 0 Å². The zero-order valence-electron chi connectivity index (χ0n) is 6.23. The topological polar surface area (TPSA) is 0 Å². The molecule has 0 rings (SSSR count). The number of alkyl halides is 1. The van der Waals surface area contributed by atoms with E-state index in [0.717, 1.165) is 0 Å². The van der Waals surface area contributed by atoms with Crippen LogP contribution in [-0.2, 0) is 0 Å². The lowest BCUT2D eigenvalue weighted by molar-refractivity contribution is 0.633. The average Bonchev–Trinajstić information content (AvgIpc) is 1.85. The molecule has 0 radical (unpaired) electrons. The van der Waals surface area contributed by atoms with Crippen molar-refractivity contribution in [2.45, 2.75) is 26.7 Å². The van der Waals surface area contributed by atoms with Crippen molar-refractivity contribution in [3.63, 3.8) is 0 Å². The molecule has 0 aliphatic rings. The van der Waals surface area contributed by atoms with E-state index in [1.54, 1.807) is 0 Å². The fourth-order valence-electron chi connectivity index (χ4n) is 0.835. The SMILES string of the molecule is CCCC(C)/C=C/CCl. The average molecular weight is 147 g/mol. The lowest BCUT2D eigenvalue weighted by Crippen LogP contribution is -1.86. The summed E-state index contributed by atoms with van der Waals surface area (Å²) in [6, 6.07) is 0. The minimum Gasteiger partial charge on any atom is -0.122 e. The Balaban J connectivity index is 3.25. The van der Waals surface area contributed by atoms with E-state index in [1.165, 1.54) is 12.8 Å². The molecular weight excluding hydrogens is 132 g/mol. The zero-order chi connectivity index (χ0) is 7.11. The number of hydrogen-bond acceptors (Lipinski definition) is 0. The van der Waals surface area contributed by atoms with Crippen LogP contribution in [-0.4, -0.2) is 5.88 Å². The van der Waals surface area contributed by atoms with E-state index in [9.17, 15) is 0 Å². The van der Waals surface area contributed by atoms with Gasteiger partial charge in [-0.05, 0) is 12.3 Å². The summed E-state index contributed by atoms with van der Waals surface area (Å²) in [5, 5.41) is 0. The first kappa shape index (κ1) is 9.03. The molecule has 0 aromatic rings. The van der Waals surface area contributed by atoms with Gasteiger partial charge in [0, 0.05) is 5.88 Å². The zero-order valence-corrected chi connectivity index (χ0v) is 6.99. The molecule has 0 aromatic carbocycles. The smallest absolute Gasteiger partial charge is 0.0404 e. The van der Waals surface area contributed by atoms with E-state index in [2.05, 4.69) is 19.9 Å². The Bertz CT molecular complexity index is 76.6. The molecule has 9 heavy (non-hydrogen) atoms. The predicted molar refractivity (Wildman–Crippen MR) is 43.9 cm³/mol. The third-order valence-electron chi connectivity index (χ3n) is 1.30. The van der Waals surface area contributed by atoms with Crippen LogP contribution in [0.2, 0.25) is 0 Å². The Kier molecular flexibility index (Phi) is 6.18. The first-order valence-electron chi connectivity index (χ1n) is 3.53. The number of halogens is 1. The lowest BCUT2D eigenvalue weighted by atomic mass is 10.1. The van der Waals surface area contributed by atoms with E-state index in [1.807, 2.05) is 6.08 Å². The Morgan fingerprint density at radius 1 is 1.56 bits per heavy atom. The van der Waals surface area contributed by atoms with Gasteiger partial charge in [-0.1, -0.05) is 32.4 Å². The Hall–Kier alpha value is 0.0300. The van der Waals surface area contributed by atoms with Crippen LogP contribution >= 0.6 is 11.6 Å². The van der Waals surface area contributed by atoms with Gasteiger partial charge < -0.3 is 0 Å². The summed E-state index contributed by atoms with van der Waals surface area (Å²) >= 11 is 5.46. The van der Waals surface area contributed by atoms with Crippen molar-refractivity contribution in [3.8, 4) is 0 Å². The largest absolute Gasteiger partial charge is 0.122 e. The van der Waals surface area contributed by atoms with E-state index in [-0.39, 0.29) is 0 Å². The van der Waals surface area contributed by atoms with E-state index < -0.39 is 0 Å². The fraction of sp³-hybridized carbons (Fsp3) is 0.750. The summed E-state index contributed by atoms with van der Waals surface area (Å²) in [5.74, 6) is 1.35. The first-order valence-corrected chi connectivity index (χ1v) is 4.07. The Labute approximate surface area is 62.9 Å². The summed E-state index contributed by atoms with van der Waals surface area (Å²) in [4.78, 5) is 0. The normalized spacial score (nSPS) is 14.6. The van der Waals surface area contributed by atoms with Gasteiger partial charge in [-0.25, -0.2) is 0 Å². The standard InChI is InChI=1S/C8H15Cl/c1-3-5-8(2)6-4-7-9/h4,6,8H,3,5,7H2,1-2H3/b6-4+. The minimum atomic E-state index is 0.647. The van der Waals surface area contributed by atoms with Crippen molar-refractivity contribution >= 4 is 11.6 Å². The van der Waals surface area contributed by atoms with Crippen LogP contribution in [0.1, 0.15) is 26.7 Å². The van der Waals surface area contributed by atoms with Crippen molar-refractivity contribution in [2.75, 3.05) is 5.88 Å². The third-order valence-corrected chi connectivity index (χ3v) is 1.48. The van der Waals surface area contributed by atoms with Gasteiger partial charge in [-0.15, -0.1) is 11.6 Å². The molecule has 0 amide bonds. The molecule has 0 fully saturated rings. The van der Waals surface area contributed by atoms with Crippen molar-refractivity contribution in [1.29, 1.82) is 0 Å². The summed E-state index contributed by atoms with van der Waals surface area (Å²) in [6.45, 7) is 4.41. The van der Waals surface area contributed by atoms with Gasteiger partial charge in [0.2, 0.25) is 0 Å². The van der Waals surface area contributed by atoms with E-state index in [4.69, 9.17) is 11.6 Å². The maximum absolute atomic E-state index is 5.46. The van der Waals surface area contributed by atoms with Gasteiger partial charge in [0.1, 0.15) is 0 Å². The molecule has 54 valence electrons. The highest BCUT2D eigenvalue weighted by molar-refractivity contribution is 6.18. The van der Waals surface area contributed by atoms with Crippen molar-refractivity contribution < 1.29 is 0 Å². The number of hydrogen-bond donors (Lipinski definition) is 0. The second-order valence-corrected chi connectivity index (χ2v) is 2.66. The molecule has 0 heterocycles. The summed E-state index contributed by atoms with van der Waals surface area (Å²) in [6.07, 6.45) is 6.72. The number of rotatable bonds is 4. The quantitative estimate of drug-likeness (QED) is 0.422. The molecule has 0 spiro atoms. The van der Waals surface area contributed by atoms with Gasteiger partial charge in [-0.2, -0.15) is 0 Å². The predicted octanol–water partition coefficient (Wildman–Crippen LogP) is 3.22. The van der Waals surface area contributed by atoms with E-state index in [0.29, 0.717) is 11.8 Å². The minimum absolute atomic E-state index is 0.647. The maximum atomic E-state index is 5.46. The molecular formula is C8H15Cl. The molecule has 0 N–H and O–H groups in total. The molecule has 1 heteroatoms. The molecule has 0 nitrogen and oxygen atoms in total. The molecule has 0 saturated carbocycles. The van der Waals surface area contributed by atoms with Crippen LogP contribution in [0, 0.1) is 5.92 Å². The molecule has 0 aromatic heterocycles. The molecule has 0 aliphatic carbocycles. The highest BCUT2D eigenvalue weighted by atomic mass is 35.5. The summed E-state index contributed by atoms with van der Waals surface area (Å²) in [7, 11) is 0. The van der Waals surface area contributed by atoms with Crippen molar-refractivity contribution in [1.82, 2.24) is 0 Å². The highest BCUT2D eigenvalue weighted by Crippen LogP contribution is 2.05. The monoisotopic (exact) mass is 146 g/mol. The second-order valence-electron chi connectivity index (χ2n) is 2.35. The molecule has 1 unspecified atom stereocenters. The highest BCUT2D eigenvalue weighted by Gasteiger charge is 1.91. The van der Waals surface area contributed by atoms with Crippen LogP contribution in [0.25, 0.3) is 0 Å². The Morgan fingerprint density at radius 2 is 2.22 bits per heavy atom. The molecule has 0 saturated heterocycles. The second kappa shape index (κ2) is 6.15. The van der Waals surface area contributed by atoms with Gasteiger partial charge in [0.05, 0.1) is 0 Å². The lowest BCUT2D eigenvalue weighted by Gasteiger charge is -2.00. The molecule has 0 bridgehead atoms. The van der Waals surface area contributed by atoms with Gasteiger partial charge in [-0.3, -0.25) is 0 Å². The maximum Gasteiger partial charge on any atom is 0.0404 e.